The van der Waals surface area contributed by atoms with Crippen molar-refractivity contribution in [2.45, 2.75) is 83.3 Å². The van der Waals surface area contributed by atoms with Gasteiger partial charge < -0.3 is 10.3 Å². The Hall–Kier alpha value is -1.33. The Labute approximate surface area is 163 Å². The van der Waals surface area contributed by atoms with E-state index in [0.29, 0.717) is 5.92 Å². The highest BCUT2D eigenvalue weighted by Crippen LogP contribution is 2.27. The lowest BCUT2D eigenvalue weighted by atomic mass is 9.87. The molecule has 0 saturated heterocycles. The van der Waals surface area contributed by atoms with E-state index in [9.17, 15) is 0 Å². The van der Waals surface area contributed by atoms with E-state index in [2.05, 4.69) is 80.6 Å². The smallest absolute Gasteiger partial charge is 0.191 e. The summed E-state index contributed by atoms with van der Waals surface area (Å²) in [6.07, 6.45) is 1.99. The summed E-state index contributed by atoms with van der Waals surface area (Å²) in [6, 6.07) is 8.88. The molecule has 1 aromatic carbocycles. The van der Waals surface area contributed by atoms with E-state index < -0.39 is 0 Å². The van der Waals surface area contributed by atoms with Crippen LogP contribution in [0.1, 0.15) is 77.4 Å². The van der Waals surface area contributed by atoms with Gasteiger partial charge in [0.25, 0.3) is 0 Å². The minimum atomic E-state index is -0.0355. The predicted octanol–water partition coefficient (Wildman–Crippen LogP) is 5.32. The maximum atomic E-state index is 6.33. The zero-order valence-electron chi connectivity index (χ0n) is 17.1. The number of thioether (sulfide) groups is 1. The molecule has 26 heavy (non-hydrogen) atoms. The lowest BCUT2D eigenvalue weighted by Gasteiger charge is -2.19. The molecule has 2 N–H and O–H groups in total. The van der Waals surface area contributed by atoms with Crippen molar-refractivity contribution in [3.05, 3.63) is 41.2 Å². The zero-order valence-corrected chi connectivity index (χ0v) is 17.9. The van der Waals surface area contributed by atoms with Crippen LogP contribution in [0.2, 0.25) is 0 Å². The summed E-state index contributed by atoms with van der Waals surface area (Å²) in [5.74, 6) is 2.35. The first-order valence-electron chi connectivity index (χ1n) is 9.63. The van der Waals surface area contributed by atoms with Gasteiger partial charge in [0.05, 0.1) is 6.04 Å². The summed E-state index contributed by atoms with van der Waals surface area (Å²) in [7, 11) is 0. The monoisotopic (exact) mass is 374 g/mol. The van der Waals surface area contributed by atoms with Crippen molar-refractivity contribution in [3.8, 4) is 0 Å². The van der Waals surface area contributed by atoms with Crippen molar-refractivity contribution >= 4 is 11.8 Å². The van der Waals surface area contributed by atoms with Crippen LogP contribution in [0.4, 0.5) is 0 Å². The molecule has 1 unspecified atom stereocenters. The Kier molecular flexibility index (Phi) is 7.30. The van der Waals surface area contributed by atoms with E-state index in [1.54, 1.807) is 11.8 Å². The van der Waals surface area contributed by atoms with Crippen LogP contribution in [-0.4, -0.2) is 14.8 Å². The van der Waals surface area contributed by atoms with Crippen molar-refractivity contribution in [3.63, 3.8) is 0 Å². The lowest BCUT2D eigenvalue weighted by molar-refractivity contribution is 0.457. The molecule has 0 bridgehead atoms. The van der Waals surface area contributed by atoms with E-state index in [-0.39, 0.29) is 11.5 Å². The molecule has 2 rings (SSSR count). The second kappa shape index (κ2) is 9.05. The Morgan fingerprint density at radius 2 is 1.77 bits per heavy atom. The van der Waals surface area contributed by atoms with E-state index in [1.807, 2.05) is 0 Å². The molecule has 0 spiro atoms. The standard InChI is InChI=1S/C21H34N4S/c1-7-8-18(22)19-23-24-20(25(19)13-15(2)3)26-14-16-9-11-17(12-10-16)21(4,5)6/h9-12,15,18H,7-8,13-14,22H2,1-6H3. The summed E-state index contributed by atoms with van der Waals surface area (Å²) < 4.78 is 2.22. The van der Waals surface area contributed by atoms with Gasteiger partial charge in [-0.3, -0.25) is 0 Å². The van der Waals surface area contributed by atoms with Gasteiger partial charge in [-0.15, -0.1) is 10.2 Å². The summed E-state index contributed by atoms with van der Waals surface area (Å²) >= 11 is 1.75. The normalized spacial score (nSPS) is 13.4. The highest BCUT2D eigenvalue weighted by Gasteiger charge is 2.19. The second-order valence-electron chi connectivity index (χ2n) is 8.48. The molecule has 1 heterocycles. The van der Waals surface area contributed by atoms with Gasteiger partial charge in [-0.2, -0.15) is 0 Å². The van der Waals surface area contributed by atoms with Crippen molar-refractivity contribution in [2.75, 3.05) is 0 Å². The highest BCUT2D eigenvalue weighted by atomic mass is 32.2. The third kappa shape index (κ3) is 5.58. The Balaban J connectivity index is 2.13. The van der Waals surface area contributed by atoms with Crippen molar-refractivity contribution in [2.24, 2.45) is 11.7 Å². The summed E-state index contributed by atoms with van der Waals surface area (Å²) in [5, 5.41) is 9.83. The topological polar surface area (TPSA) is 56.7 Å². The molecule has 0 aliphatic rings. The van der Waals surface area contributed by atoms with Crippen LogP contribution in [0.3, 0.4) is 0 Å². The third-order valence-electron chi connectivity index (χ3n) is 4.41. The minimum Gasteiger partial charge on any atom is -0.321 e. The van der Waals surface area contributed by atoms with Crippen molar-refractivity contribution < 1.29 is 0 Å². The summed E-state index contributed by atoms with van der Waals surface area (Å²) in [5.41, 5.74) is 9.19. The molecule has 0 fully saturated rings. The van der Waals surface area contributed by atoms with Crippen LogP contribution in [-0.2, 0) is 17.7 Å². The first-order valence-corrected chi connectivity index (χ1v) is 10.6. The van der Waals surface area contributed by atoms with Crippen LogP contribution >= 0.6 is 11.8 Å². The lowest BCUT2D eigenvalue weighted by Crippen LogP contribution is -2.18. The van der Waals surface area contributed by atoms with Gasteiger partial charge in [0, 0.05) is 12.3 Å². The fourth-order valence-corrected chi connectivity index (χ4v) is 3.82. The second-order valence-corrected chi connectivity index (χ2v) is 9.42. The SMILES string of the molecule is CCCC(N)c1nnc(SCc2ccc(C(C)(C)C)cc2)n1CC(C)C. The largest absolute Gasteiger partial charge is 0.321 e. The van der Waals surface area contributed by atoms with Gasteiger partial charge in [-0.25, -0.2) is 0 Å². The molecule has 0 aliphatic carbocycles. The Bertz CT molecular complexity index is 683. The molecule has 144 valence electrons. The van der Waals surface area contributed by atoms with Crippen molar-refractivity contribution in [1.29, 1.82) is 0 Å². The van der Waals surface area contributed by atoms with E-state index in [4.69, 9.17) is 5.73 Å². The molecule has 0 aliphatic heterocycles. The average Bonchev–Trinajstić information content (AvgIpc) is 2.95. The summed E-state index contributed by atoms with van der Waals surface area (Å²) in [6.45, 7) is 14.2. The maximum Gasteiger partial charge on any atom is 0.191 e. The number of benzene rings is 1. The molecule has 5 heteroatoms. The molecule has 0 radical (unpaired) electrons. The fraction of sp³-hybridized carbons (Fsp3) is 0.619. The van der Waals surface area contributed by atoms with Crippen LogP contribution < -0.4 is 5.73 Å². The molecular formula is C21H34N4S. The molecule has 0 saturated carbocycles. The molecular weight excluding hydrogens is 340 g/mol. The molecule has 1 atom stereocenters. The molecule has 1 aromatic heterocycles. The van der Waals surface area contributed by atoms with Crippen LogP contribution in [0.15, 0.2) is 29.4 Å². The van der Waals surface area contributed by atoms with Gasteiger partial charge in [0.15, 0.2) is 11.0 Å². The Morgan fingerprint density at radius 3 is 2.31 bits per heavy atom. The predicted molar refractivity (Wildman–Crippen MR) is 111 cm³/mol. The van der Waals surface area contributed by atoms with Crippen LogP contribution in [0.5, 0.6) is 0 Å². The minimum absolute atomic E-state index is 0.0355. The molecule has 0 amide bonds. The highest BCUT2D eigenvalue weighted by molar-refractivity contribution is 7.98. The quantitative estimate of drug-likeness (QED) is 0.635. The van der Waals surface area contributed by atoms with Gasteiger partial charge >= 0.3 is 0 Å². The number of nitrogens with two attached hydrogens (primary N) is 1. The van der Waals surface area contributed by atoms with Gasteiger partial charge in [0.1, 0.15) is 0 Å². The van der Waals surface area contributed by atoms with Crippen LogP contribution in [0, 0.1) is 5.92 Å². The third-order valence-corrected chi connectivity index (χ3v) is 5.45. The number of nitrogens with zero attached hydrogens (tertiary/aromatic N) is 3. The number of hydrogen-bond donors (Lipinski definition) is 1. The first-order chi connectivity index (χ1) is 12.2. The fourth-order valence-electron chi connectivity index (χ4n) is 2.91. The van der Waals surface area contributed by atoms with Gasteiger partial charge in [-0.05, 0) is 28.9 Å². The van der Waals surface area contributed by atoms with Crippen molar-refractivity contribution in [1.82, 2.24) is 14.8 Å². The van der Waals surface area contributed by atoms with Gasteiger partial charge in [0.2, 0.25) is 0 Å². The Morgan fingerprint density at radius 1 is 1.12 bits per heavy atom. The van der Waals surface area contributed by atoms with E-state index in [0.717, 1.165) is 36.1 Å². The molecule has 2 aromatic rings. The summed E-state index contributed by atoms with van der Waals surface area (Å²) in [4.78, 5) is 0. The van der Waals surface area contributed by atoms with E-state index >= 15 is 0 Å². The maximum absolute atomic E-state index is 6.33. The molecule has 4 nitrogen and oxygen atoms in total. The van der Waals surface area contributed by atoms with Gasteiger partial charge in [-0.1, -0.05) is 84.0 Å². The number of aromatic nitrogens is 3. The van der Waals surface area contributed by atoms with E-state index in [1.165, 1.54) is 11.1 Å². The first kappa shape index (κ1) is 21.0. The van der Waals surface area contributed by atoms with Crippen LogP contribution in [0.25, 0.3) is 0 Å². The zero-order chi connectivity index (χ0) is 19.3. The average molecular weight is 375 g/mol. The number of rotatable bonds is 8. The number of hydrogen-bond acceptors (Lipinski definition) is 4.